The highest BCUT2D eigenvalue weighted by Gasteiger charge is 2.16. The van der Waals surface area contributed by atoms with E-state index in [2.05, 4.69) is 15.1 Å². The van der Waals surface area contributed by atoms with Gasteiger partial charge in [-0.1, -0.05) is 25.1 Å². The number of sulfonamides is 1. The molecule has 0 atom stereocenters. The van der Waals surface area contributed by atoms with Gasteiger partial charge in [0, 0.05) is 29.9 Å². The molecule has 0 fully saturated rings. The van der Waals surface area contributed by atoms with Crippen LogP contribution in [0, 0.1) is 13.8 Å². The number of rotatable bonds is 7. The predicted molar refractivity (Wildman–Crippen MR) is 112 cm³/mol. The van der Waals surface area contributed by atoms with Crippen LogP contribution in [0.4, 0.5) is 0 Å². The Hall–Kier alpha value is -2.97. The van der Waals surface area contributed by atoms with Crippen LogP contribution in [0.15, 0.2) is 59.5 Å². The molecule has 0 saturated carbocycles. The van der Waals surface area contributed by atoms with Gasteiger partial charge in [-0.05, 0) is 50.2 Å². The summed E-state index contributed by atoms with van der Waals surface area (Å²) in [7, 11) is -3.54. The molecule has 0 saturated heterocycles. The van der Waals surface area contributed by atoms with Crippen molar-refractivity contribution in [2.45, 2.75) is 32.2 Å². The smallest absolute Gasteiger partial charge is 0.251 e. The summed E-state index contributed by atoms with van der Waals surface area (Å²) < 4.78 is 28.3. The quantitative estimate of drug-likeness (QED) is 0.624. The molecule has 0 aliphatic rings. The number of aryl methyl sites for hydroxylation is 1. The standard InChI is InChI=1S/C21H24N4O3S/c1-4-23-29(27,28)19-12-10-17(11-13-19)21(26)22-14-20-15(2)24-25(16(20)3)18-8-6-5-7-9-18/h5-13,23H,4,14H2,1-3H3,(H,22,26). The van der Waals surface area contributed by atoms with Crippen LogP contribution < -0.4 is 10.0 Å². The fourth-order valence-corrected chi connectivity index (χ4v) is 4.12. The van der Waals surface area contributed by atoms with E-state index in [9.17, 15) is 13.2 Å². The van der Waals surface area contributed by atoms with Crippen LogP contribution >= 0.6 is 0 Å². The third-order valence-corrected chi connectivity index (χ3v) is 6.19. The Morgan fingerprint density at radius 2 is 1.69 bits per heavy atom. The van der Waals surface area contributed by atoms with Gasteiger partial charge in [0.15, 0.2) is 0 Å². The lowest BCUT2D eigenvalue weighted by Gasteiger charge is -2.08. The first-order valence-electron chi connectivity index (χ1n) is 9.32. The molecule has 2 aromatic carbocycles. The molecule has 1 amide bonds. The molecule has 3 rings (SSSR count). The van der Waals surface area contributed by atoms with E-state index in [-0.39, 0.29) is 10.8 Å². The Morgan fingerprint density at radius 3 is 2.31 bits per heavy atom. The monoisotopic (exact) mass is 412 g/mol. The minimum absolute atomic E-state index is 0.131. The molecule has 2 N–H and O–H groups in total. The second-order valence-electron chi connectivity index (χ2n) is 6.61. The number of amides is 1. The SMILES string of the molecule is CCNS(=O)(=O)c1ccc(C(=O)NCc2c(C)nn(-c3ccccc3)c2C)cc1. The van der Waals surface area contributed by atoms with Crippen molar-refractivity contribution in [2.24, 2.45) is 0 Å². The number of nitrogens with zero attached hydrogens (tertiary/aromatic N) is 2. The molecule has 0 aliphatic carbocycles. The first-order valence-corrected chi connectivity index (χ1v) is 10.8. The van der Waals surface area contributed by atoms with Crippen molar-refractivity contribution >= 4 is 15.9 Å². The second-order valence-corrected chi connectivity index (χ2v) is 8.37. The highest BCUT2D eigenvalue weighted by molar-refractivity contribution is 7.89. The first kappa shape index (κ1) is 20.8. The van der Waals surface area contributed by atoms with Gasteiger partial charge in [-0.3, -0.25) is 4.79 Å². The molecule has 0 aliphatic heterocycles. The van der Waals surface area contributed by atoms with Crippen LogP contribution in [-0.2, 0) is 16.6 Å². The minimum atomic E-state index is -3.54. The van der Waals surface area contributed by atoms with Crippen molar-refractivity contribution in [3.05, 3.63) is 77.1 Å². The number of benzene rings is 2. The van der Waals surface area contributed by atoms with Gasteiger partial charge in [0.05, 0.1) is 16.3 Å². The highest BCUT2D eigenvalue weighted by atomic mass is 32.2. The average Bonchev–Trinajstić information content (AvgIpc) is 3.00. The maximum absolute atomic E-state index is 12.5. The summed E-state index contributed by atoms with van der Waals surface area (Å²) in [6.45, 7) is 6.23. The number of carbonyl (C=O) groups is 1. The molecule has 0 bridgehead atoms. The molecule has 0 unspecified atom stereocenters. The Bertz CT molecular complexity index is 1100. The van der Waals surface area contributed by atoms with Crippen molar-refractivity contribution in [3.8, 4) is 5.69 Å². The van der Waals surface area contributed by atoms with Gasteiger partial charge in [0.1, 0.15) is 0 Å². The van der Waals surface area contributed by atoms with E-state index < -0.39 is 10.0 Å². The van der Waals surface area contributed by atoms with Crippen LogP contribution in [0.2, 0.25) is 0 Å². The summed E-state index contributed by atoms with van der Waals surface area (Å²) >= 11 is 0. The molecule has 1 heterocycles. The number of nitrogens with one attached hydrogen (secondary N) is 2. The number of hydrogen-bond donors (Lipinski definition) is 2. The first-order chi connectivity index (χ1) is 13.8. The normalized spacial score (nSPS) is 11.4. The van der Waals surface area contributed by atoms with Crippen molar-refractivity contribution in [3.63, 3.8) is 0 Å². The van der Waals surface area contributed by atoms with E-state index in [0.717, 1.165) is 22.6 Å². The maximum Gasteiger partial charge on any atom is 0.251 e. The largest absolute Gasteiger partial charge is 0.348 e. The van der Waals surface area contributed by atoms with Gasteiger partial charge in [-0.2, -0.15) is 5.10 Å². The molecule has 7 nitrogen and oxygen atoms in total. The lowest BCUT2D eigenvalue weighted by molar-refractivity contribution is 0.0950. The molecule has 0 radical (unpaired) electrons. The van der Waals surface area contributed by atoms with E-state index in [1.807, 2.05) is 48.9 Å². The fourth-order valence-electron chi connectivity index (χ4n) is 3.08. The van der Waals surface area contributed by atoms with E-state index in [4.69, 9.17) is 0 Å². The van der Waals surface area contributed by atoms with Crippen molar-refractivity contribution in [1.29, 1.82) is 0 Å². The number of para-hydroxylation sites is 1. The zero-order valence-electron chi connectivity index (χ0n) is 16.6. The Morgan fingerprint density at radius 1 is 1.03 bits per heavy atom. The zero-order chi connectivity index (χ0) is 21.0. The van der Waals surface area contributed by atoms with Gasteiger partial charge < -0.3 is 5.32 Å². The molecule has 3 aromatic rings. The van der Waals surface area contributed by atoms with Crippen LogP contribution in [0.1, 0.15) is 34.2 Å². The Balaban J connectivity index is 1.72. The molecule has 0 spiro atoms. The molecular formula is C21H24N4O3S. The summed E-state index contributed by atoms with van der Waals surface area (Å²) in [5.74, 6) is -0.274. The van der Waals surface area contributed by atoms with E-state index >= 15 is 0 Å². The minimum Gasteiger partial charge on any atom is -0.348 e. The Kier molecular flexibility index (Phi) is 6.14. The molecular weight excluding hydrogens is 388 g/mol. The second kappa shape index (κ2) is 8.59. The number of aromatic nitrogens is 2. The topological polar surface area (TPSA) is 93.1 Å². The predicted octanol–water partition coefficient (Wildman–Crippen LogP) is 2.72. The van der Waals surface area contributed by atoms with Gasteiger partial charge in [0.25, 0.3) is 5.91 Å². The van der Waals surface area contributed by atoms with Crippen molar-refractivity contribution in [2.75, 3.05) is 6.54 Å². The van der Waals surface area contributed by atoms with Gasteiger partial charge >= 0.3 is 0 Å². The van der Waals surface area contributed by atoms with Crippen LogP contribution in [0.5, 0.6) is 0 Å². The average molecular weight is 413 g/mol. The summed E-state index contributed by atoms with van der Waals surface area (Å²) in [5.41, 5.74) is 4.11. The summed E-state index contributed by atoms with van der Waals surface area (Å²) in [6, 6.07) is 15.7. The van der Waals surface area contributed by atoms with E-state index in [1.54, 1.807) is 6.92 Å². The highest BCUT2D eigenvalue weighted by Crippen LogP contribution is 2.18. The molecule has 29 heavy (non-hydrogen) atoms. The van der Waals surface area contributed by atoms with Gasteiger partial charge in [-0.25, -0.2) is 17.8 Å². The Labute approximate surface area is 170 Å². The molecule has 1 aromatic heterocycles. The van der Waals surface area contributed by atoms with Crippen molar-refractivity contribution < 1.29 is 13.2 Å². The van der Waals surface area contributed by atoms with E-state index in [1.165, 1.54) is 24.3 Å². The number of carbonyl (C=O) groups excluding carboxylic acids is 1. The van der Waals surface area contributed by atoms with Crippen LogP contribution in [0.3, 0.4) is 0 Å². The van der Waals surface area contributed by atoms with E-state index in [0.29, 0.717) is 18.7 Å². The van der Waals surface area contributed by atoms with Crippen molar-refractivity contribution in [1.82, 2.24) is 19.8 Å². The fraction of sp³-hybridized carbons (Fsp3) is 0.238. The third kappa shape index (κ3) is 4.55. The van der Waals surface area contributed by atoms with Crippen LogP contribution in [-0.4, -0.2) is 30.7 Å². The lowest BCUT2D eigenvalue weighted by atomic mass is 10.1. The summed E-state index contributed by atoms with van der Waals surface area (Å²) in [4.78, 5) is 12.6. The number of hydrogen-bond acceptors (Lipinski definition) is 4. The van der Waals surface area contributed by atoms with Gasteiger partial charge in [0.2, 0.25) is 10.0 Å². The molecule has 152 valence electrons. The lowest BCUT2D eigenvalue weighted by Crippen LogP contribution is -2.25. The summed E-state index contributed by atoms with van der Waals surface area (Å²) in [5, 5.41) is 7.47. The zero-order valence-corrected chi connectivity index (χ0v) is 17.5. The van der Waals surface area contributed by atoms with Gasteiger partial charge in [-0.15, -0.1) is 0 Å². The summed E-state index contributed by atoms with van der Waals surface area (Å²) in [6.07, 6.45) is 0. The van der Waals surface area contributed by atoms with Crippen LogP contribution in [0.25, 0.3) is 5.69 Å². The molecule has 8 heteroatoms. The maximum atomic E-state index is 12.5. The third-order valence-electron chi connectivity index (χ3n) is 4.63.